The van der Waals surface area contributed by atoms with Gasteiger partial charge in [-0.1, -0.05) is 26.0 Å². The van der Waals surface area contributed by atoms with Gasteiger partial charge in [-0.15, -0.1) is 0 Å². The SMILES string of the molecule is COC(=O)C(NC1CC(c2cccc(F)c2)C1)C(C)C. The maximum Gasteiger partial charge on any atom is 0.323 e. The van der Waals surface area contributed by atoms with Gasteiger partial charge in [0.15, 0.2) is 0 Å². The summed E-state index contributed by atoms with van der Waals surface area (Å²) in [4.78, 5) is 11.7. The lowest BCUT2D eigenvalue weighted by Gasteiger charge is -2.39. The highest BCUT2D eigenvalue weighted by molar-refractivity contribution is 5.76. The molecule has 1 aliphatic carbocycles. The maximum absolute atomic E-state index is 13.2. The fraction of sp³-hybridized carbons (Fsp3) is 0.562. The quantitative estimate of drug-likeness (QED) is 0.842. The fourth-order valence-electron chi connectivity index (χ4n) is 2.70. The second-order valence-corrected chi connectivity index (χ2v) is 5.83. The lowest BCUT2D eigenvalue weighted by molar-refractivity contribution is -0.144. The van der Waals surface area contributed by atoms with E-state index in [2.05, 4.69) is 5.32 Å². The van der Waals surface area contributed by atoms with Crippen LogP contribution in [0.2, 0.25) is 0 Å². The van der Waals surface area contributed by atoms with Gasteiger partial charge in [0.05, 0.1) is 7.11 Å². The molecule has 1 aromatic rings. The van der Waals surface area contributed by atoms with Crippen LogP contribution in [0.3, 0.4) is 0 Å². The van der Waals surface area contributed by atoms with Crippen LogP contribution in [0.5, 0.6) is 0 Å². The Morgan fingerprint density at radius 1 is 1.40 bits per heavy atom. The monoisotopic (exact) mass is 279 g/mol. The topological polar surface area (TPSA) is 38.3 Å². The average molecular weight is 279 g/mol. The van der Waals surface area contributed by atoms with Crippen LogP contribution < -0.4 is 5.32 Å². The van der Waals surface area contributed by atoms with E-state index in [1.54, 1.807) is 12.1 Å². The van der Waals surface area contributed by atoms with Crippen LogP contribution in [0.1, 0.15) is 38.2 Å². The van der Waals surface area contributed by atoms with E-state index < -0.39 is 0 Å². The van der Waals surface area contributed by atoms with Gasteiger partial charge in [0.25, 0.3) is 0 Å². The molecule has 0 aliphatic heterocycles. The second kappa shape index (κ2) is 6.35. The summed E-state index contributed by atoms with van der Waals surface area (Å²) in [5, 5.41) is 3.35. The summed E-state index contributed by atoms with van der Waals surface area (Å²) in [6.45, 7) is 3.99. The molecular formula is C16H22FNO2. The van der Waals surface area contributed by atoms with E-state index in [0.717, 1.165) is 18.4 Å². The van der Waals surface area contributed by atoms with Gasteiger partial charge in [-0.2, -0.15) is 0 Å². The smallest absolute Gasteiger partial charge is 0.323 e. The molecule has 0 radical (unpaired) electrons. The van der Waals surface area contributed by atoms with Crippen LogP contribution in [-0.2, 0) is 9.53 Å². The van der Waals surface area contributed by atoms with Crippen molar-refractivity contribution in [2.45, 2.75) is 44.7 Å². The third kappa shape index (κ3) is 3.37. The van der Waals surface area contributed by atoms with E-state index >= 15 is 0 Å². The van der Waals surface area contributed by atoms with Crippen LogP contribution in [0.15, 0.2) is 24.3 Å². The van der Waals surface area contributed by atoms with Crippen LogP contribution >= 0.6 is 0 Å². The molecule has 0 saturated heterocycles. The fourth-order valence-corrected chi connectivity index (χ4v) is 2.70. The molecule has 1 aromatic carbocycles. The summed E-state index contributed by atoms with van der Waals surface area (Å²) in [7, 11) is 1.41. The molecule has 1 aliphatic rings. The average Bonchev–Trinajstić information content (AvgIpc) is 2.36. The molecule has 20 heavy (non-hydrogen) atoms. The molecule has 0 aromatic heterocycles. The number of carbonyl (C=O) groups is 1. The normalized spacial score (nSPS) is 23.2. The summed E-state index contributed by atoms with van der Waals surface area (Å²) in [5.41, 5.74) is 1.04. The number of methoxy groups -OCH3 is 1. The molecule has 0 amide bonds. The van der Waals surface area contributed by atoms with Crippen molar-refractivity contribution in [3.63, 3.8) is 0 Å². The Morgan fingerprint density at radius 2 is 2.10 bits per heavy atom. The molecule has 2 rings (SSSR count). The van der Waals surface area contributed by atoms with Gasteiger partial charge >= 0.3 is 5.97 Å². The molecular weight excluding hydrogens is 257 g/mol. The number of hydrogen-bond donors (Lipinski definition) is 1. The van der Waals surface area contributed by atoms with E-state index in [1.807, 2.05) is 19.9 Å². The number of nitrogens with one attached hydrogen (secondary N) is 1. The summed E-state index contributed by atoms with van der Waals surface area (Å²) < 4.78 is 18.0. The Morgan fingerprint density at radius 3 is 2.65 bits per heavy atom. The number of carbonyl (C=O) groups excluding carboxylic acids is 1. The zero-order valence-electron chi connectivity index (χ0n) is 12.2. The summed E-state index contributed by atoms with van der Waals surface area (Å²) in [5.74, 6) is 0.173. The molecule has 1 atom stereocenters. The molecule has 3 nitrogen and oxygen atoms in total. The highest BCUT2D eigenvalue weighted by Gasteiger charge is 2.34. The Kier molecular flexibility index (Phi) is 4.76. The van der Waals surface area contributed by atoms with Crippen molar-refractivity contribution < 1.29 is 13.9 Å². The van der Waals surface area contributed by atoms with E-state index in [-0.39, 0.29) is 23.7 Å². The molecule has 1 saturated carbocycles. The van der Waals surface area contributed by atoms with Crippen molar-refractivity contribution in [2.75, 3.05) is 7.11 Å². The van der Waals surface area contributed by atoms with Crippen molar-refractivity contribution in [3.8, 4) is 0 Å². The Balaban J connectivity index is 1.88. The Bertz CT molecular complexity index is 469. The highest BCUT2D eigenvalue weighted by Crippen LogP contribution is 2.37. The van der Waals surface area contributed by atoms with Gasteiger partial charge in [0.2, 0.25) is 0 Å². The summed E-state index contributed by atoms with van der Waals surface area (Å²) in [6, 6.07) is 6.81. The van der Waals surface area contributed by atoms with Crippen molar-refractivity contribution in [3.05, 3.63) is 35.6 Å². The molecule has 0 spiro atoms. The van der Waals surface area contributed by atoms with E-state index in [1.165, 1.54) is 13.2 Å². The predicted molar refractivity (Wildman–Crippen MR) is 75.9 cm³/mol. The first-order valence-corrected chi connectivity index (χ1v) is 7.10. The van der Waals surface area contributed by atoms with E-state index in [4.69, 9.17) is 4.74 Å². The minimum absolute atomic E-state index is 0.187. The lowest BCUT2D eigenvalue weighted by Crippen LogP contribution is -2.51. The number of halogens is 1. The molecule has 1 fully saturated rings. The first kappa shape index (κ1) is 15.0. The van der Waals surface area contributed by atoms with Gasteiger partial charge in [-0.25, -0.2) is 4.39 Å². The minimum Gasteiger partial charge on any atom is -0.468 e. The molecule has 1 N–H and O–H groups in total. The molecule has 0 heterocycles. The van der Waals surface area contributed by atoms with Gasteiger partial charge < -0.3 is 10.1 Å². The van der Waals surface area contributed by atoms with Crippen molar-refractivity contribution in [1.29, 1.82) is 0 Å². The first-order chi connectivity index (χ1) is 9.51. The molecule has 1 unspecified atom stereocenters. The number of esters is 1. The maximum atomic E-state index is 13.2. The third-order valence-electron chi connectivity index (χ3n) is 4.00. The first-order valence-electron chi connectivity index (χ1n) is 7.10. The Hall–Kier alpha value is -1.42. The van der Waals surface area contributed by atoms with Gasteiger partial charge in [-0.05, 0) is 42.4 Å². The molecule has 4 heteroatoms. The van der Waals surface area contributed by atoms with Crippen LogP contribution in [0, 0.1) is 11.7 Å². The standard InChI is InChI=1S/C16H22FNO2/c1-10(2)15(16(19)20-3)18-14-8-12(9-14)11-5-4-6-13(17)7-11/h4-7,10,12,14-15,18H,8-9H2,1-3H3. The highest BCUT2D eigenvalue weighted by atomic mass is 19.1. The predicted octanol–water partition coefficient (Wildman–Crippen LogP) is 2.86. The minimum atomic E-state index is -0.265. The van der Waals surface area contributed by atoms with E-state index in [9.17, 15) is 9.18 Å². The Labute approximate surface area is 119 Å². The third-order valence-corrected chi connectivity index (χ3v) is 4.00. The lowest BCUT2D eigenvalue weighted by atomic mass is 9.75. The number of hydrogen-bond acceptors (Lipinski definition) is 3. The zero-order valence-corrected chi connectivity index (χ0v) is 12.2. The van der Waals surface area contributed by atoms with Gasteiger partial charge in [0, 0.05) is 6.04 Å². The molecule has 0 bridgehead atoms. The summed E-state index contributed by atoms with van der Waals surface area (Å²) >= 11 is 0. The molecule has 110 valence electrons. The van der Waals surface area contributed by atoms with Crippen molar-refractivity contribution >= 4 is 5.97 Å². The summed E-state index contributed by atoms with van der Waals surface area (Å²) in [6.07, 6.45) is 1.87. The van der Waals surface area contributed by atoms with Crippen LogP contribution in [0.4, 0.5) is 4.39 Å². The second-order valence-electron chi connectivity index (χ2n) is 5.83. The van der Waals surface area contributed by atoms with Crippen LogP contribution in [0.25, 0.3) is 0 Å². The zero-order chi connectivity index (χ0) is 14.7. The van der Waals surface area contributed by atoms with Gasteiger partial charge in [0.1, 0.15) is 11.9 Å². The van der Waals surface area contributed by atoms with Gasteiger partial charge in [-0.3, -0.25) is 4.79 Å². The van der Waals surface area contributed by atoms with Crippen molar-refractivity contribution in [2.24, 2.45) is 5.92 Å². The van der Waals surface area contributed by atoms with E-state index in [0.29, 0.717) is 12.0 Å². The number of rotatable bonds is 5. The number of ether oxygens (including phenoxy) is 1. The van der Waals surface area contributed by atoms with Crippen molar-refractivity contribution in [1.82, 2.24) is 5.32 Å². The number of benzene rings is 1. The van der Waals surface area contributed by atoms with Crippen LogP contribution in [-0.4, -0.2) is 25.2 Å². The largest absolute Gasteiger partial charge is 0.468 e.